The van der Waals surface area contributed by atoms with Crippen molar-refractivity contribution < 1.29 is 18.0 Å². The molecule has 0 aliphatic carbocycles. The molecule has 1 atom stereocenters. The molecule has 0 fully saturated rings. The minimum absolute atomic E-state index is 0.161. The van der Waals surface area contributed by atoms with Crippen LogP contribution in [0.15, 0.2) is 41.2 Å². The fourth-order valence-electron chi connectivity index (χ4n) is 3.34. The highest BCUT2D eigenvalue weighted by atomic mass is 35.5. The van der Waals surface area contributed by atoms with E-state index in [0.29, 0.717) is 15.6 Å². The van der Waals surface area contributed by atoms with Gasteiger partial charge in [0.05, 0.1) is 10.6 Å². The van der Waals surface area contributed by atoms with Crippen LogP contribution in [0, 0.1) is 17.5 Å². The molecular formula is C19H12ClF3N2O2S. The minimum atomic E-state index is -1.60. The number of rotatable bonds is 2. The fraction of sp³-hybridized carbons (Fsp3) is 0.158. The molecule has 1 aliphatic heterocycles. The zero-order valence-corrected chi connectivity index (χ0v) is 16.0. The van der Waals surface area contributed by atoms with Crippen molar-refractivity contribution in [3.63, 3.8) is 0 Å². The van der Waals surface area contributed by atoms with E-state index in [1.54, 1.807) is 24.3 Å². The number of carbonyl (C=O) groups is 1. The van der Waals surface area contributed by atoms with Crippen LogP contribution in [0.25, 0.3) is 0 Å². The highest BCUT2D eigenvalue weighted by Crippen LogP contribution is 2.45. The molecule has 0 unspecified atom stereocenters. The molecule has 2 heterocycles. The first kappa shape index (κ1) is 18.8. The molecule has 2 aromatic carbocycles. The van der Waals surface area contributed by atoms with Crippen molar-refractivity contribution in [1.82, 2.24) is 4.57 Å². The van der Waals surface area contributed by atoms with E-state index < -0.39 is 29.3 Å². The van der Waals surface area contributed by atoms with E-state index in [2.05, 4.69) is 0 Å². The molecule has 0 spiro atoms. The third kappa shape index (κ3) is 2.84. The Morgan fingerprint density at radius 3 is 2.39 bits per heavy atom. The molecule has 1 aliphatic rings. The van der Waals surface area contributed by atoms with E-state index >= 15 is 0 Å². The SMILES string of the molecule is Cn1c2c(sc1=O)[C@H](c1ccc(F)c(F)c1F)CC(=O)N2c1ccc(Cl)cc1. The van der Waals surface area contributed by atoms with Crippen LogP contribution in [0.2, 0.25) is 5.02 Å². The minimum Gasteiger partial charge on any atom is -0.288 e. The van der Waals surface area contributed by atoms with Crippen molar-refractivity contribution >= 4 is 40.4 Å². The second-order valence-corrected chi connectivity index (χ2v) is 7.77. The number of benzene rings is 2. The van der Waals surface area contributed by atoms with Gasteiger partial charge in [0.2, 0.25) is 5.91 Å². The summed E-state index contributed by atoms with van der Waals surface area (Å²) in [4.78, 5) is 26.7. The third-order valence-electron chi connectivity index (χ3n) is 4.69. The normalized spacial score (nSPS) is 16.4. The molecule has 1 aromatic heterocycles. The largest absolute Gasteiger partial charge is 0.308 e. The van der Waals surface area contributed by atoms with Gasteiger partial charge in [-0.1, -0.05) is 29.0 Å². The van der Waals surface area contributed by atoms with Gasteiger partial charge in [-0.3, -0.25) is 19.1 Å². The number of halogens is 4. The average Bonchev–Trinajstić information content (AvgIpc) is 2.96. The summed E-state index contributed by atoms with van der Waals surface area (Å²) in [5.41, 5.74) is 0.333. The highest BCUT2D eigenvalue weighted by Gasteiger charge is 2.39. The summed E-state index contributed by atoms with van der Waals surface area (Å²) in [5, 5.41) is 0.481. The first-order valence-corrected chi connectivity index (χ1v) is 9.40. The number of anilines is 2. The number of hydrogen-bond donors (Lipinski definition) is 0. The highest BCUT2D eigenvalue weighted by molar-refractivity contribution is 7.10. The number of hydrogen-bond acceptors (Lipinski definition) is 3. The maximum Gasteiger partial charge on any atom is 0.308 e. The van der Waals surface area contributed by atoms with E-state index in [4.69, 9.17) is 11.6 Å². The number of nitrogens with zero attached hydrogens (tertiary/aromatic N) is 2. The van der Waals surface area contributed by atoms with Crippen LogP contribution >= 0.6 is 22.9 Å². The summed E-state index contributed by atoms with van der Waals surface area (Å²) < 4.78 is 42.8. The molecule has 4 rings (SSSR count). The molecule has 1 amide bonds. The Labute approximate surface area is 166 Å². The molecule has 0 N–H and O–H groups in total. The van der Waals surface area contributed by atoms with Gasteiger partial charge in [0.25, 0.3) is 0 Å². The molecule has 0 radical (unpaired) electrons. The number of fused-ring (bicyclic) bond motifs is 1. The monoisotopic (exact) mass is 424 g/mol. The van der Waals surface area contributed by atoms with Gasteiger partial charge in [-0.15, -0.1) is 0 Å². The van der Waals surface area contributed by atoms with Crippen LogP contribution in [0.3, 0.4) is 0 Å². The van der Waals surface area contributed by atoms with E-state index in [-0.39, 0.29) is 22.7 Å². The molecule has 9 heteroatoms. The predicted molar refractivity (Wildman–Crippen MR) is 101 cm³/mol. The van der Waals surface area contributed by atoms with Crippen LogP contribution in [0.4, 0.5) is 24.7 Å². The van der Waals surface area contributed by atoms with Gasteiger partial charge in [-0.25, -0.2) is 13.2 Å². The Hall–Kier alpha value is -2.58. The smallest absolute Gasteiger partial charge is 0.288 e. The Kier molecular flexibility index (Phi) is 4.55. The zero-order valence-electron chi connectivity index (χ0n) is 14.4. The number of aromatic nitrogens is 1. The van der Waals surface area contributed by atoms with E-state index in [0.717, 1.165) is 23.5 Å². The topological polar surface area (TPSA) is 42.3 Å². The predicted octanol–water partition coefficient (Wildman–Crippen LogP) is 4.72. The van der Waals surface area contributed by atoms with E-state index in [1.165, 1.54) is 16.5 Å². The molecule has 144 valence electrons. The molecule has 0 saturated heterocycles. The van der Waals surface area contributed by atoms with Crippen LogP contribution in [0.1, 0.15) is 22.8 Å². The lowest BCUT2D eigenvalue weighted by Gasteiger charge is -2.32. The quantitative estimate of drug-likeness (QED) is 0.559. The van der Waals surface area contributed by atoms with Crippen molar-refractivity contribution in [2.24, 2.45) is 7.05 Å². The molecule has 0 saturated carbocycles. The van der Waals surface area contributed by atoms with Crippen LogP contribution < -0.4 is 9.77 Å². The van der Waals surface area contributed by atoms with Gasteiger partial charge in [0, 0.05) is 30.0 Å². The Bertz CT molecular complexity index is 1160. The van der Waals surface area contributed by atoms with Gasteiger partial charge in [-0.2, -0.15) is 0 Å². The summed E-state index contributed by atoms with van der Waals surface area (Å²) in [6.07, 6.45) is -0.197. The summed E-state index contributed by atoms with van der Waals surface area (Å²) >= 11 is 6.75. The molecule has 0 bridgehead atoms. The number of thiazole rings is 1. The number of carbonyl (C=O) groups excluding carboxylic acids is 1. The maximum atomic E-state index is 14.4. The summed E-state index contributed by atoms with van der Waals surface area (Å²) in [6.45, 7) is 0. The van der Waals surface area contributed by atoms with E-state index in [9.17, 15) is 22.8 Å². The second-order valence-electron chi connectivity index (χ2n) is 6.34. The number of amides is 1. The van der Waals surface area contributed by atoms with Gasteiger partial charge in [-0.05, 0) is 30.3 Å². The molecular weight excluding hydrogens is 413 g/mol. The summed E-state index contributed by atoms with van der Waals surface area (Å²) in [7, 11) is 1.50. The van der Waals surface area contributed by atoms with Crippen molar-refractivity contribution in [2.45, 2.75) is 12.3 Å². The standard InChI is InChI=1S/C19H12ClF3N2O2S/c1-24-18-17(28-19(24)27)12(11-6-7-13(21)16(23)15(11)22)8-14(26)25(18)10-4-2-9(20)3-5-10/h2-7,12H,8H2,1H3/t12-/m0/s1. The van der Waals surface area contributed by atoms with Crippen LogP contribution in [0.5, 0.6) is 0 Å². The fourth-order valence-corrected chi connectivity index (χ4v) is 4.55. The molecule has 28 heavy (non-hydrogen) atoms. The van der Waals surface area contributed by atoms with Crippen molar-refractivity contribution in [3.05, 3.63) is 79.0 Å². The summed E-state index contributed by atoms with van der Waals surface area (Å²) in [6, 6.07) is 8.40. The van der Waals surface area contributed by atoms with Crippen LogP contribution in [-0.2, 0) is 11.8 Å². The Morgan fingerprint density at radius 2 is 1.71 bits per heavy atom. The average molecular weight is 425 g/mol. The first-order valence-electron chi connectivity index (χ1n) is 8.21. The lowest BCUT2D eigenvalue weighted by Crippen LogP contribution is -2.35. The lowest BCUT2D eigenvalue weighted by molar-refractivity contribution is -0.118. The van der Waals surface area contributed by atoms with Crippen molar-refractivity contribution in [3.8, 4) is 0 Å². The van der Waals surface area contributed by atoms with Gasteiger partial charge in [0.15, 0.2) is 17.5 Å². The molecule has 3 aromatic rings. The van der Waals surface area contributed by atoms with Crippen molar-refractivity contribution in [2.75, 3.05) is 4.90 Å². The van der Waals surface area contributed by atoms with Gasteiger partial charge < -0.3 is 0 Å². The second kappa shape index (κ2) is 6.79. The van der Waals surface area contributed by atoms with E-state index in [1.807, 2.05) is 0 Å². The third-order valence-corrected chi connectivity index (χ3v) is 6.08. The Morgan fingerprint density at radius 1 is 1.04 bits per heavy atom. The summed E-state index contributed by atoms with van der Waals surface area (Å²) in [5.74, 6) is -5.28. The molecule has 4 nitrogen and oxygen atoms in total. The Balaban J connectivity index is 1.92. The lowest BCUT2D eigenvalue weighted by atomic mass is 9.90. The van der Waals surface area contributed by atoms with Gasteiger partial charge in [0.1, 0.15) is 5.82 Å². The van der Waals surface area contributed by atoms with Gasteiger partial charge >= 0.3 is 4.87 Å². The van der Waals surface area contributed by atoms with Crippen LogP contribution in [-0.4, -0.2) is 10.5 Å². The maximum absolute atomic E-state index is 14.4. The first-order chi connectivity index (χ1) is 13.3. The van der Waals surface area contributed by atoms with Crippen molar-refractivity contribution in [1.29, 1.82) is 0 Å². The zero-order chi connectivity index (χ0) is 20.2.